The van der Waals surface area contributed by atoms with Crippen molar-refractivity contribution in [3.05, 3.63) is 41.7 Å². The third-order valence-electron chi connectivity index (χ3n) is 4.19. The number of thiazole rings is 1. The smallest absolute Gasteiger partial charge is 0.186 e. The van der Waals surface area contributed by atoms with Crippen LogP contribution in [0.3, 0.4) is 0 Å². The molecule has 0 saturated carbocycles. The number of H-pyrrole nitrogens is 1. The van der Waals surface area contributed by atoms with Gasteiger partial charge in [-0.1, -0.05) is 23.5 Å². The van der Waals surface area contributed by atoms with Crippen LogP contribution in [0.25, 0.3) is 10.2 Å². The molecule has 22 heavy (non-hydrogen) atoms. The van der Waals surface area contributed by atoms with Crippen LogP contribution in [0.2, 0.25) is 0 Å². The van der Waals surface area contributed by atoms with Crippen LogP contribution in [-0.4, -0.2) is 39.5 Å². The Hall–Kier alpha value is -1.92. The van der Waals surface area contributed by atoms with Crippen molar-refractivity contribution in [1.82, 2.24) is 15.2 Å². The van der Waals surface area contributed by atoms with Gasteiger partial charge in [0.25, 0.3) is 0 Å². The third-order valence-corrected chi connectivity index (χ3v) is 5.29. The van der Waals surface area contributed by atoms with Crippen molar-refractivity contribution in [2.24, 2.45) is 5.92 Å². The number of fused-ring (bicyclic) bond motifs is 1. The van der Waals surface area contributed by atoms with Crippen LogP contribution < -0.4 is 4.90 Å². The highest BCUT2D eigenvalue weighted by Crippen LogP contribution is 2.32. The van der Waals surface area contributed by atoms with Gasteiger partial charge in [-0.25, -0.2) is 4.98 Å². The van der Waals surface area contributed by atoms with Crippen LogP contribution in [0.4, 0.5) is 5.13 Å². The van der Waals surface area contributed by atoms with Crippen LogP contribution in [0, 0.1) is 12.8 Å². The van der Waals surface area contributed by atoms with Gasteiger partial charge in [0.15, 0.2) is 5.13 Å². The van der Waals surface area contributed by atoms with E-state index in [4.69, 9.17) is 0 Å². The molecule has 1 aromatic carbocycles. The number of nitrogens with one attached hydrogen (secondary N) is 1. The molecule has 3 heterocycles. The van der Waals surface area contributed by atoms with E-state index in [1.165, 1.54) is 4.70 Å². The third kappa shape index (κ3) is 2.48. The molecule has 0 aliphatic carbocycles. The first-order valence-electron chi connectivity index (χ1n) is 7.48. The van der Waals surface area contributed by atoms with Gasteiger partial charge in [-0.15, -0.1) is 0 Å². The summed E-state index contributed by atoms with van der Waals surface area (Å²) in [6.07, 6.45) is 0.469. The van der Waals surface area contributed by atoms with Gasteiger partial charge < -0.3 is 10.0 Å². The zero-order chi connectivity index (χ0) is 15.1. The van der Waals surface area contributed by atoms with Gasteiger partial charge in [0.05, 0.1) is 22.0 Å². The maximum Gasteiger partial charge on any atom is 0.186 e. The Morgan fingerprint density at radius 2 is 2.23 bits per heavy atom. The highest BCUT2D eigenvalue weighted by atomic mass is 32.1. The largest absolute Gasteiger partial charge is 0.391 e. The summed E-state index contributed by atoms with van der Waals surface area (Å²) in [7, 11) is 0. The quantitative estimate of drug-likeness (QED) is 0.779. The van der Waals surface area contributed by atoms with Gasteiger partial charge in [-0.2, -0.15) is 5.10 Å². The number of hydrogen-bond acceptors (Lipinski definition) is 5. The van der Waals surface area contributed by atoms with Gasteiger partial charge in [0, 0.05) is 24.7 Å². The Kier molecular flexibility index (Phi) is 3.35. The number of para-hydroxylation sites is 1. The maximum absolute atomic E-state index is 10.4. The molecule has 2 aromatic heterocycles. The second-order valence-electron chi connectivity index (χ2n) is 5.94. The summed E-state index contributed by atoms with van der Waals surface area (Å²) in [4.78, 5) is 6.88. The minimum Gasteiger partial charge on any atom is -0.391 e. The lowest BCUT2D eigenvalue weighted by molar-refractivity contribution is 0.148. The summed E-state index contributed by atoms with van der Waals surface area (Å²) in [5.74, 6) is 0.203. The molecule has 5 nitrogen and oxygen atoms in total. The highest BCUT2D eigenvalue weighted by molar-refractivity contribution is 7.22. The first-order chi connectivity index (χ1) is 10.7. The van der Waals surface area contributed by atoms with Gasteiger partial charge in [0.1, 0.15) is 0 Å². The van der Waals surface area contributed by atoms with Crippen LogP contribution in [0.1, 0.15) is 11.4 Å². The van der Waals surface area contributed by atoms with E-state index in [9.17, 15) is 5.11 Å². The van der Waals surface area contributed by atoms with E-state index in [0.29, 0.717) is 6.54 Å². The molecule has 1 fully saturated rings. The number of aromatic amines is 1. The fourth-order valence-electron chi connectivity index (χ4n) is 3.05. The number of aromatic nitrogens is 3. The Morgan fingerprint density at radius 3 is 3.00 bits per heavy atom. The molecule has 0 spiro atoms. The number of aliphatic hydroxyl groups is 1. The van der Waals surface area contributed by atoms with Gasteiger partial charge in [-0.3, -0.25) is 5.10 Å². The molecular weight excluding hydrogens is 296 g/mol. The number of aryl methyl sites for hydroxylation is 1. The first kappa shape index (κ1) is 13.7. The summed E-state index contributed by atoms with van der Waals surface area (Å²) < 4.78 is 1.19. The summed E-state index contributed by atoms with van der Waals surface area (Å²) in [5, 5.41) is 18.6. The summed E-state index contributed by atoms with van der Waals surface area (Å²) in [6, 6.07) is 10.2. The molecule has 2 N–H and O–H groups in total. The SMILES string of the molecule is Cc1cc(C[C@@H]2CN(c3nc4ccccc4s3)C[C@@H]2O)n[nH]1. The lowest BCUT2D eigenvalue weighted by Gasteiger charge is -2.13. The first-order valence-corrected chi connectivity index (χ1v) is 8.30. The van der Waals surface area contributed by atoms with Crippen molar-refractivity contribution < 1.29 is 5.11 Å². The zero-order valence-corrected chi connectivity index (χ0v) is 13.2. The lowest BCUT2D eigenvalue weighted by atomic mass is 10.0. The van der Waals surface area contributed by atoms with Crippen LogP contribution in [0.5, 0.6) is 0 Å². The predicted molar refractivity (Wildman–Crippen MR) is 88.4 cm³/mol. The molecule has 0 bridgehead atoms. The van der Waals surface area contributed by atoms with Crippen LogP contribution in [0.15, 0.2) is 30.3 Å². The number of anilines is 1. The molecular formula is C16H18N4OS. The zero-order valence-electron chi connectivity index (χ0n) is 12.4. The molecule has 6 heteroatoms. The Labute approximate surface area is 132 Å². The number of hydrogen-bond donors (Lipinski definition) is 2. The summed E-state index contributed by atoms with van der Waals surface area (Å²) >= 11 is 1.69. The molecule has 1 aliphatic heterocycles. The molecule has 0 unspecified atom stereocenters. The van der Waals surface area contributed by atoms with Crippen molar-refractivity contribution in [1.29, 1.82) is 0 Å². The molecule has 1 aliphatic rings. The molecule has 2 atom stereocenters. The van der Waals surface area contributed by atoms with Gasteiger partial charge in [-0.05, 0) is 31.5 Å². The number of aliphatic hydroxyl groups excluding tert-OH is 1. The molecule has 114 valence electrons. The average molecular weight is 314 g/mol. The second kappa shape index (κ2) is 5.37. The van der Waals surface area contributed by atoms with Gasteiger partial charge >= 0.3 is 0 Å². The van der Waals surface area contributed by atoms with E-state index >= 15 is 0 Å². The lowest BCUT2D eigenvalue weighted by Crippen LogP contribution is -2.20. The highest BCUT2D eigenvalue weighted by Gasteiger charge is 2.33. The Bertz CT molecular complexity index is 763. The normalized spacial score (nSPS) is 21.8. The van der Waals surface area contributed by atoms with Crippen molar-refractivity contribution in [2.45, 2.75) is 19.4 Å². The number of nitrogens with zero attached hydrogens (tertiary/aromatic N) is 3. The van der Waals surface area contributed by atoms with Crippen LogP contribution >= 0.6 is 11.3 Å². The second-order valence-corrected chi connectivity index (χ2v) is 6.95. The summed E-state index contributed by atoms with van der Waals surface area (Å²) in [6.45, 7) is 3.47. The van der Waals surface area contributed by atoms with Crippen molar-refractivity contribution in [3.63, 3.8) is 0 Å². The molecule has 0 radical (unpaired) electrons. The fourth-order valence-corrected chi connectivity index (χ4v) is 4.04. The standard InChI is InChI=1S/C16H18N4OS/c1-10-6-12(19-18-10)7-11-8-20(9-14(11)21)16-17-13-4-2-3-5-15(13)22-16/h2-6,11,14,21H,7-9H2,1H3,(H,18,19)/t11-,14+/m1/s1. The molecule has 3 aromatic rings. The number of benzene rings is 1. The number of rotatable bonds is 3. The Morgan fingerprint density at radius 1 is 1.36 bits per heavy atom. The van der Waals surface area contributed by atoms with Crippen molar-refractivity contribution in [3.8, 4) is 0 Å². The van der Waals surface area contributed by atoms with Crippen molar-refractivity contribution >= 4 is 26.7 Å². The van der Waals surface area contributed by atoms with Crippen molar-refractivity contribution in [2.75, 3.05) is 18.0 Å². The predicted octanol–water partition coefficient (Wildman–Crippen LogP) is 2.37. The summed E-state index contributed by atoms with van der Waals surface area (Å²) in [5.41, 5.74) is 3.11. The van der Waals surface area contributed by atoms with E-state index in [1.807, 2.05) is 31.2 Å². The average Bonchev–Trinajstić information content (AvgIpc) is 3.19. The Balaban J connectivity index is 1.52. The van der Waals surface area contributed by atoms with E-state index in [2.05, 4.69) is 26.1 Å². The fraction of sp³-hybridized carbons (Fsp3) is 0.375. The van der Waals surface area contributed by atoms with Gasteiger partial charge in [0.2, 0.25) is 0 Å². The van der Waals surface area contributed by atoms with E-state index in [1.54, 1.807) is 11.3 Å². The van der Waals surface area contributed by atoms with Crippen LogP contribution in [-0.2, 0) is 6.42 Å². The molecule has 0 amide bonds. The van der Waals surface area contributed by atoms with E-state index in [-0.39, 0.29) is 12.0 Å². The monoisotopic (exact) mass is 314 g/mol. The van der Waals surface area contributed by atoms with E-state index in [0.717, 1.165) is 35.0 Å². The molecule has 4 rings (SSSR count). The minimum absolute atomic E-state index is 0.203. The molecule has 1 saturated heterocycles. The number of β-amino-alcohol motifs (C(OH)–C–C–N with tert-alkyl or cyclic N) is 1. The topological polar surface area (TPSA) is 65.0 Å². The minimum atomic E-state index is -0.330. The maximum atomic E-state index is 10.4. The van der Waals surface area contributed by atoms with E-state index < -0.39 is 0 Å².